The molecule has 0 spiro atoms. The lowest BCUT2D eigenvalue weighted by atomic mass is 10.2. The van der Waals surface area contributed by atoms with Crippen molar-refractivity contribution in [1.82, 2.24) is 9.78 Å². The number of benzene rings is 2. The summed E-state index contributed by atoms with van der Waals surface area (Å²) in [6.45, 7) is 2.44. The van der Waals surface area contributed by atoms with E-state index in [1.165, 1.54) is 18.9 Å². The van der Waals surface area contributed by atoms with E-state index < -0.39 is 10.0 Å². The van der Waals surface area contributed by atoms with E-state index in [4.69, 9.17) is 11.6 Å². The molecule has 2 aromatic carbocycles. The number of nitrogens with zero attached hydrogens (tertiary/aromatic N) is 1. The highest BCUT2D eigenvalue weighted by Gasteiger charge is 2.23. The normalized spacial score (nSPS) is 14.7. The van der Waals surface area contributed by atoms with E-state index >= 15 is 0 Å². The second kappa shape index (κ2) is 6.17. The number of nitrogens with one attached hydrogen (secondary N) is 2. The fourth-order valence-corrected chi connectivity index (χ4v) is 4.60. The SMILES string of the molecule is Cc1c(Cl)cccc1S(=O)(=O)Nc1ccc2c(c1)c(=O)[nH]n2CC1CC1. The van der Waals surface area contributed by atoms with Crippen molar-refractivity contribution in [2.45, 2.75) is 31.2 Å². The summed E-state index contributed by atoms with van der Waals surface area (Å²) in [6, 6.07) is 9.73. The van der Waals surface area contributed by atoms with Crippen LogP contribution in [0.2, 0.25) is 5.02 Å². The molecule has 2 N–H and O–H groups in total. The number of sulfonamides is 1. The Morgan fingerprint density at radius 3 is 2.77 bits per heavy atom. The first-order chi connectivity index (χ1) is 12.3. The molecule has 0 unspecified atom stereocenters. The molecule has 0 saturated heterocycles. The Bertz CT molecular complexity index is 1160. The van der Waals surface area contributed by atoms with E-state index in [0.717, 1.165) is 12.1 Å². The van der Waals surface area contributed by atoms with Crippen molar-refractivity contribution < 1.29 is 8.42 Å². The summed E-state index contributed by atoms with van der Waals surface area (Å²) < 4.78 is 29.8. The van der Waals surface area contributed by atoms with Gasteiger partial charge in [-0.05, 0) is 61.6 Å². The Morgan fingerprint density at radius 1 is 1.27 bits per heavy atom. The Labute approximate surface area is 155 Å². The van der Waals surface area contributed by atoms with Crippen LogP contribution in [-0.2, 0) is 16.6 Å². The van der Waals surface area contributed by atoms with Crippen molar-refractivity contribution in [2.24, 2.45) is 5.92 Å². The molecule has 4 rings (SSSR count). The van der Waals surface area contributed by atoms with Gasteiger partial charge in [-0.2, -0.15) is 0 Å². The summed E-state index contributed by atoms with van der Waals surface area (Å²) >= 11 is 6.03. The Kier molecular flexibility index (Phi) is 4.08. The van der Waals surface area contributed by atoms with Gasteiger partial charge in [-0.15, -0.1) is 0 Å². The van der Waals surface area contributed by atoms with Crippen molar-refractivity contribution in [3.63, 3.8) is 0 Å². The summed E-state index contributed by atoms with van der Waals surface area (Å²) in [7, 11) is -3.80. The van der Waals surface area contributed by atoms with Crippen LogP contribution in [0, 0.1) is 12.8 Å². The Morgan fingerprint density at radius 2 is 2.04 bits per heavy atom. The molecule has 136 valence electrons. The minimum absolute atomic E-state index is 0.116. The molecule has 8 heteroatoms. The van der Waals surface area contributed by atoms with Gasteiger partial charge in [-0.3, -0.25) is 19.3 Å². The maximum absolute atomic E-state index is 12.7. The van der Waals surface area contributed by atoms with Gasteiger partial charge in [0.25, 0.3) is 15.6 Å². The van der Waals surface area contributed by atoms with E-state index in [-0.39, 0.29) is 10.5 Å². The van der Waals surface area contributed by atoms with Gasteiger partial charge in [0.2, 0.25) is 0 Å². The third-order valence-corrected chi connectivity index (χ3v) is 6.60. The molecule has 1 fully saturated rings. The van der Waals surface area contributed by atoms with Gasteiger partial charge in [0, 0.05) is 17.3 Å². The summed E-state index contributed by atoms with van der Waals surface area (Å²) in [5, 5.41) is 3.68. The molecule has 1 aromatic heterocycles. The maximum atomic E-state index is 12.7. The molecule has 1 aliphatic rings. The van der Waals surface area contributed by atoms with E-state index in [1.807, 2.05) is 4.68 Å². The molecule has 0 aliphatic heterocycles. The van der Waals surface area contributed by atoms with Crippen molar-refractivity contribution in [1.29, 1.82) is 0 Å². The first kappa shape index (κ1) is 17.2. The van der Waals surface area contributed by atoms with Gasteiger partial charge in [0.05, 0.1) is 15.8 Å². The Balaban J connectivity index is 1.69. The second-order valence-corrected chi connectivity index (χ2v) is 8.75. The van der Waals surface area contributed by atoms with Gasteiger partial charge in [0.15, 0.2) is 0 Å². The summed E-state index contributed by atoms with van der Waals surface area (Å²) in [5.74, 6) is 0.616. The van der Waals surface area contributed by atoms with E-state index in [0.29, 0.717) is 27.6 Å². The van der Waals surface area contributed by atoms with Crippen molar-refractivity contribution in [3.8, 4) is 0 Å². The zero-order valence-corrected chi connectivity index (χ0v) is 15.7. The first-order valence-corrected chi connectivity index (χ1v) is 10.2. The average Bonchev–Trinajstić information content (AvgIpc) is 3.34. The number of H-pyrrole nitrogens is 1. The number of hydrogen-bond acceptors (Lipinski definition) is 3. The molecule has 1 saturated carbocycles. The minimum atomic E-state index is -3.80. The molecule has 3 aromatic rings. The fraction of sp³-hybridized carbons (Fsp3) is 0.278. The predicted molar refractivity (Wildman–Crippen MR) is 102 cm³/mol. The predicted octanol–water partition coefficient (Wildman–Crippen LogP) is 3.50. The highest BCUT2D eigenvalue weighted by Crippen LogP contribution is 2.31. The number of rotatable bonds is 5. The Hall–Kier alpha value is -2.25. The zero-order chi connectivity index (χ0) is 18.5. The van der Waals surface area contributed by atoms with Crippen LogP contribution in [0.3, 0.4) is 0 Å². The molecule has 0 atom stereocenters. The third kappa shape index (κ3) is 3.12. The van der Waals surface area contributed by atoms with Crippen molar-refractivity contribution >= 4 is 38.2 Å². The van der Waals surface area contributed by atoms with E-state index in [1.54, 1.807) is 37.3 Å². The van der Waals surface area contributed by atoms with Gasteiger partial charge in [-0.25, -0.2) is 8.42 Å². The zero-order valence-electron chi connectivity index (χ0n) is 14.1. The lowest BCUT2D eigenvalue weighted by molar-refractivity contribution is 0.576. The van der Waals surface area contributed by atoms with Gasteiger partial charge < -0.3 is 0 Å². The lowest BCUT2D eigenvalue weighted by Gasteiger charge is -2.11. The molecule has 1 aliphatic carbocycles. The molecule has 0 bridgehead atoms. The first-order valence-electron chi connectivity index (χ1n) is 8.35. The van der Waals surface area contributed by atoms with Crippen LogP contribution in [0.5, 0.6) is 0 Å². The highest BCUT2D eigenvalue weighted by molar-refractivity contribution is 7.92. The van der Waals surface area contributed by atoms with Crippen LogP contribution in [-0.4, -0.2) is 18.2 Å². The molecular weight excluding hydrogens is 374 g/mol. The molecular formula is C18H18ClN3O3S. The molecule has 0 radical (unpaired) electrons. The largest absolute Gasteiger partial charge is 0.284 e. The number of anilines is 1. The summed E-state index contributed by atoms with van der Waals surface area (Å²) in [4.78, 5) is 12.3. The van der Waals surface area contributed by atoms with Crippen molar-refractivity contribution in [3.05, 3.63) is 57.3 Å². The topological polar surface area (TPSA) is 84.0 Å². The van der Waals surface area contributed by atoms with Crippen LogP contribution in [0.15, 0.2) is 46.1 Å². The molecule has 1 heterocycles. The van der Waals surface area contributed by atoms with Gasteiger partial charge in [-0.1, -0.05) is 17.7 Å². The number of fused-ring (bicyclic) bond motifs is 1. The van der Waals surface area contributed by atoms with Gasteiger partial charge in [0.1, 0.15) is 0 Å². The van der Waals surface area contributed by atoms with Crippen LogP contribution in [0.1, 0.15) is 18.4 Å². The van der Waals surface area contributed by atoms with E-state index in [9.17, 15) is 13.2 Å². The molecule has 6 nitrogen and oxygen atoms in total. The van der Waals surface area contributed by atoms with Gasteiger partial charge >= 0.3 is 0 Å². The molecule has 26 heavy (non-hydrogen) atoms. The maximum Gasteiger partial charge on any atom is 0.272 e. The van der Waals surface area contributed by atoms with Crippen LogP contribution in [0.25, 0.3) is 10.9 Å². The smallest absolute Gasteiger partial charge is 0.272 e. The highest BCUT2D eigenvalue weighted by atomic mass is 35.5. The monoisotopic (exact) mass is 391 g/mol. The number of aromatic amines is 1. The molecule has 0 amide bonds. The lowest BCUT2D eigenvalue weighted by Crippen LogP contribution is -2.14. The number of aromatic nitrogens is 2. The second-order valence-electron chi connectivity index (χ2n) is 6.70. The number of halogens is 1. The van der Waals surface area contributed by atoms with Crippen LogP contribution < -0.4 is 10.3 Å². The standard InChI is InChI=1S/C18H18ClN3O3S/c1-11-15(19)3-2-4-17(11)26(24,25)21-13-7-8-16-14(9-13)18(23)20-22(16)10-12-5-6-12/h2-4,7-9,12,21H,5-6,10H2,1H3,(H,20,23). The summed E-state index contributed by atoms with van der Waals surface area (Å²) in [6.07, 6.45) is 2.36. The minimum Gasteiger partial charge on any atom is -0.284 e. The third-order valence-electron chi connectivity index (χ3n) is 4.67. The summed E-state index contributed by atoms with van der Waals surface area (Å²) in [5.41, 5.74) is 1.38. The van der Waals surface area contributed by atoms with E-state index in [2.05, 4.69) is 9.82 Å². The quantitative estimate of drug-likeness (QED) is 0.698. The average molecular weight is 392 g/mol. The van der Waals surface area contributed by atoms with Crippen molar-refractivity contribution in [2.75, 3.05) is 4.72 Å². The fourth-order valence-electron chi connectivity index (χ4n) is 3.05. The number of hydrogen-bond donors (Lipinski definition) is 2. The van der Waals surface area contributed by atoms with Crippen LogP contribution in [0.4, 0.5) is 5.69 Å². The van der Waals surface area contributed by atoms with Crippen LogP contribution >= 0.6 is 11.6 Å².